The van der Waals surface area contributed by atoms with E-state index >= 15 is 0 Å². The number of rotatable bonds is 4. The van der Waals surface area contributed by atoms with Gasteiger partial charge in [-0.05, 0) is 0 Å². The number of ether oxygens (including phenoxy) is 1. The van der Waals surface area contributed by atoms with Gasteiger partial charge in [-0.1, -0.05) is 0 Å². The molecule has 5 nitrogen and oxygen atoms in total. The first-order valence-electron chi connectivity index (χ1n) is 4.74. The largest absolute Gasteiger partial charge is 0.489 e. The van der Waals surface area contributed by atoms with E-state index in [-0.39, 0.29) is 18.1 Å². The summed E-state index contributed by atoms with van der Waals surface area (Å²) < 4.78 is 40.9. The van der Waals surface area contributed by atoms with Crippen molar-refractivity contribution in [3.63, 3.8) is 0 Å². The van der Waals surface area contributed by atoms with Gasteiger partial charge in [-0.25, -0.2) is 4.98 Å². The Morgan fingerprint density at radius 1 is 1.53 bits per heavy atom. The molecule has 0 saturated heterocycles. The van der Waals surface area contributed by atoms with E-state index in [0.29, 0.717) is 0 Å². The number of alkyl halides is 3. The molecule has 0 fully saturated rings. The molecule has 0 spiro atoms. The normalized spacial score (nSPS) is 11.4. The Labute approximate surface area is 95.2 Å². The first kappa shape index (κ1) is 13.3. The summed E-state index contributed by atoms with van der Waals surface area (Å²) in [6.07, 6.45) is -4.12. The van der Waals surface area contributed by atoms with Gasteiger partial charge in [0.2, 0.25) is 5.75 Å². The highest BCUT2D eigenvalue weighted by Gasteiger charge is 2.28. The Balaban J connectivity index is 2.85. The fraction of sp³-hybridized carbons (Fsp3) is 0.556. The van der Waals surface area contributed by atoms with Gasteiger partial charge in [0.05, 0.1) is 19.9 Å². The van der Waals surface area contributed by atoms with Crippen LogP contribution in [0.25, 0.3) is 0 Å². The zero-order chi connectivity index (χ0) is 13.1. The van der Waals surface area contributed by atoms with E-state index in [1.165, 1.54) is 19.1 Å². The van der Waals surface area contributed by atoms with Crippen LogP contribution in [0.2, 0.25) is 0 Å². The van der Waals surface area contributed by atoms with Gasteiger partial charge in [-0.15, -0.1) is 0 Å². The third-order valence-electron chi connectivity index (χ3n) is 2.09. The molecule has 8 heteroatoms. The van der Waals surface area contributed by atoms with Crippen molar-refractivity contribution in [2.75, 3.05) is 25.6 Å². The maximum atomic E-state index is 12.0. The average Bonchev–Trinajstić information content (AvgIpc) is 2.24. The Bertz CT molecular complexity index is 430. The van der Waals surface area contributed by atoms with Crippen LogP contribution in [-0.4, -0.2) is 36.8 Å². The zero-order valence-corrected chi connectivity index (χ0v) is 9.34. The second-order valence-electron chi connectivity index (χ2n) is 3.38. The number of nitrogens with zero attached hydrogens (tertiary/aromatic N) is 2. The number of halogens is 3. The molecule has 0 aliphatic carbocycles. The standard InChI is InChI=1S/C9H12F3N3O2/c1-15(4-3-9(10,11)12)7-6(17-2)8(16)14-5-13-7/h5H,3-4H2,1-2H3,(H,13,14,16). The molecule has 0 unspecified atom stereocenters. The number of aromatic amines is 1. The Morgan fingerprint density at radius 2 is 2.18 bits per heavy atom. The van der Waals surface area contributed by atoms with Gasteiger partial charge in [0.1, 0.15) is 0 Å². The molecule has 0 bridgehead atoms. The highest BCUT2D eigenvalue weighted by Crippen LogP contribution is 2.23. The first-order valence-corrected chi connectivity index (χ1v) is 4.74. The number of nitrogens with one attached hydrogen (secondary N) is 1. The molecule has 1 rings (SSSR count). The summed E-state index contributed by atoms with van der Waals surface area (Å²) in [6, 6.07) is 0. The average molecular weight is 251 g/mol. The lowest BCUT2D eigenvalue weighted by atomic mass is 10.3. The molecule has 0 atom stereocenters. The van der Waals surface area contributed by atoms with Crippen LogP contribution in [0.4, 0.5) is 19.0 Å². The third kappa shape index (κ3) is 3.65. The molecule has 1 N–H and O–H groups in total. The van der Waals surface area contributed by atoms with E-state index in [1.807, 2.05) is 0 Å². The minimum atomic E-state index is -4.25. The lowest BCUT2D eigenvalue weighted by Gasteiger charge is -2.20. The van der Waals surface area contributed by atoms with Gasteiger partial charge in [-0.2, -0.15) is 13.2 Å². The van der Waals surface area contributed by atoms with Crippen LogP contribution in [0.1, 0.15) is 6.42 Å². The number of anilines is 1. The SMILES string of the molecule is COc1c(N(C)CCC(F)(F)F)nc[nH]c1=O. The van der Waals surface area contributed by atoms with Crippen LogP contribution in [-0.2, 0) is 0 Å². The molecule has 17 heavy (non-hydrogen) atoms. The van der Waals surface area contributed by atoms with Gasteiger partial charge in [-0.3, -0.25) is 4.79 Å². The molecular formula is C9H12F3N3O2. The van der Waals surface area contributed by atoms with Crippen LogP contribution < -0.4 is 15.2 Å². The Hall–Kier alpha value is -1.73. The lowest BCUT2D eigenvalue weighted by Crippen LogP contribution is -2.27. The minimum absolute atomic E-state index is 0.0838. The summed E-state index contributed by atoms with van der Waals surface area (Å²) in [6.45, 7) is -0.295. The monoisotopic (exact) mass is 251 g/mol. The molecule has 1 aromatic rings. The molecule has 1 aromatic heterocycles. The first-order chi connectivity index (χ1) is 7.85. The summed E-state index contributed by atoms with van der Waals surface area (Å²) in [5.74, 6) is -0.0160. The molecule has 0 saturated carbocycles. The van der Waals surface area contributed by atoms with Gasteiger partial charge >= 0.3 is 6.18 Å². The fourth-order valence-electron chi connectivity index (χ4n) is 1.23. The summed E-state index contributed by atoms with van der Waals surface area (Å²) in [5, 5.41) is 0. The van der Waals surface area contributed by atoms with Gasteiger partial charge < -0.3 is 14.6 Å². The molecule has 0 radical (unpaired) electrons. The van der Waals surface area contributed by atoms with Crippen LogP contribution >= 0.6 is 0 Å². The molecule has 0 aliphatic heterocycles. The Morgan fingerprint density at radius 3 is 2.71 bits per heavy atom. The van der Waals surface area contributed by atoms with Crippen molar-refractivity contribution in [2.45, 2.75) is 12.6 Å². The second kappa shape index (κ2) is 5.07. The predicted octanol–water partition coefficient (Wildman–Crippen LogP) is 1.17. The highest BCUT2D eigenvalue weighted by molar-refractivity contribution is 5.49. The molecule has 1 heterocycles. The third-order valence-corrected chi connectivity index (χ3v) is 2.09. The summed E-state index contributed by atoms with van der Waals surface area (Å²) in [4.78, 5) is 18.6. The van der Waals surface area contributed by atoms with Crippen molar-refractivity contribution >= 4 is 5.82 Å². The minimum Gasteiger partial charge on any atom is -0.489 e. The van der Waals surface area contributed by atoms with E-state index in [9.17, 15) is 18.0 Å². The van der Waals surface area contributed by atoms with Crippen LogP contribution in [0.3, 0.4) is 0 Å². The maximum Gasteiger partial charge on any atom is 0.390 e. The van der Waals surface area contributed by atoms with E-state index < -0.39 is 18.2 Å². The summed E-state index contributed by atoms with van der Waals surface area (Å²) in [7, 11) is 2.67. The topological polar surface area (TPSA) is 58.2 Å². The molecule has 0 amide bonds. The predicted molar refractivity (Wildman–Crippen MR) is 55.4 cm³/mol. The number of hydrogen-bond acceptors (Lipinski definition) is 4. The zero-order valence-electron chi connectivity index (χ0n) is 9.34. The second-order valence-corrected chi connectivity index (χ2v) is 3.38. The lowest BCUT2D eigenvalue weighted by molar-refractivity contribution is -0.132. The van der Waals surface area contributed by atoms with Crippen molar-refractivity contribution in [3.05, 3.63) is 16.7 Å². The number of methoxy groups -OCH3 is 1. The number of H-pyrrole nitrogens is 1. The fourth-order valence-corrected chi connectivity index (χ4v) is 1.23. The van der Waals surface area contributed by atoms with Crippen molar-refractivity contribution in [3.8, 4) is 5.75 Å². The summed E-state index contributed by atoms with van der Waals surface area (Å²) >= 11 is 0. The van der Waals surface area contributed by atoms with Crippen LogP contribution in [0.5, 0.6) is 5.75 Å². The van der Waals surface area contributed by atoms with E-state index in [2.05, 4.69) is 9.97 Å². The smallest absolute Gasteiger partial charge is 0.390 e. The molecule has 96 valence electrons. The van der Waals surface area contributed by atoms with Crippen molar-refractivity contribution < 1.29 is 17.9 Å². The van der Waals surface area contributed by atoms with Gasteiger partial charge in [0, 0.05) is 13.6 Å². The van der Waals surface area contributed by atoms with E-state index in [1.54, 1.807) is 0 Å². The van der Waals surface area contributed by atoms with E-state index in [4.69, 9.17) is 4.74 Å². The highest BCUT2D eigenvalue weighted by atomic mass is 19.4. The van der Waals surface area contributed by atoms with Crippen LogP contribution in [0.15, 0.2) is 11.1 Å². The summed E-state index contributed by atoms with van der Waals surface area (Å²) in [5.41, 5.74) is -0.531. The number of hydrogen-bond donors (Lipinski definition) is 1. The van der Waals surface area contributed by atoms with E-state index in [0.717, 1.165) is 6.33 Å². The van der Waals surface area contributed by atoms with Crippen molar-refractivity contribution in [1.29, 1.82) is 0 Å². The quantitative estimate of drug-likeness (QED) is 0.872. The van der Waals surface area contributed by atoms with Crippen molar-refractivity contribution in [2.24, 2.45) is 0 Å². The number of aromatic nitrogens is 2. The molecule has 0 aromatic carbocycles. The van der Waals surface area contributed by atoms with Crippen molar-refractivity contribution in [1.82, 2.24) is 9.97 Å². The van der Waals surface area contributed by atoms with Crippen LogP contribution in [0, 0.1) is 0 Å². The Kier molecular flexibility index (Phi) is 3.97. The van der Waals surface area contributed by atoms with Gasteiger partial charge in [0.15, 0.2) is 5.82 Å². The molecular weight excluding hydrogens is 239 g/mol. The molecule has 0 aliphatic rings. The maximum absolute atomic E-state index is 12.0. The van der Waals surface area contributed by atoms with Gasteiger partial charge in [0.25, 0.3) is 5.56 Å².